The summed E-state index contributed by atoms with van der Waals surface area (Å²) in [7, 11) is 0. The number of aliphatic hydroxyl groups excluding tert-OH is 2. The number of nitrogens with one attached hydrogen (secondary N) is 1. The molecule has 2 rings (SSSR count). The fraction of sp³-hybridized carbons (Fsp3) is 0.235. The number of hydrogen-bond acceptors (Lipinski definition) is 5. The molecule has 128 valence electrons. The number of benzene rings is 2. The molecule has 0 fully saturated rings. The molecule has 0 aliphatic heterocycles. The molecule has 7 heteroatoms. The highest BCUT2D eigenvalue weighted by Crippen LogP contribution is 2.20. The van der Waals surface area contributed by atoms with Crippen LogP contribution in [0.4, 0.5) is 14.9 Å². The molecule has 0 aromatic heterocycles. The monoisotopic (exact) mass is 334 g/mol. The normalized spacial score (nSPS) is 13.1. The van der Waals surface area contributed by atoms with Crippen LogP contribution in [0.15, 0.2) is 48.5 Å². The summed E-state index contributed by atoms with van der Waals surface area (Å²) in [5.74, 6) is -0.686. The van der Waals surface area contributed by atoms with Gasteiger partial charge >= 0.3 is 6.09 Å². The Morgan fingerprint density at radius 3 is 2.58 bits per heavy atom. The highest BCUT2D eigenvalue weighted by molar-refractivity contribution is 5.67. The first kappa shape index (κ1) is 17.7. The molecule has 0 spiro atoms. The predicted octanol–water partition coefficient (Wildman–Crippen LogP) is 1.73. The number of anilines is 1. The van der Waals surface area contributed by atoms with Gasteiger partial charge in [-0.05, 0) is 23.3 Å². The van der Waals surface area contributed by atoms with Gasteiger partial charge in [-0.15, -0.1) is 0 Å². The Bertz CT molecular complexity index is 682. The van der Waals surface area contributed by atoms with Crippen LogP contribution in [0.1, 0.15) is 17.2 Å². The van der Waals surface area contributed by atoms with Crippen molar-refractivity contribution < 1.29 is 24.1 Å². The number of nitrogen functional groups attached to an aromatic ring is 1. The summed E-state index contributed by atoms with van der Waals surface area (Å²) in [6, 6.07) is 12.8. The second-order valence-electron chi connectivity index (χ2n) is 5.24. The molecule has 1 amide bonds. The highest BCUT2D eigenvalue weighted by atomic mass is 19.1. The zero-order valence-electron chi connectivity index (χ0n) is 12.9. The van der Waals surface area contributed by atoms with Crippen molar-refractivity contribution in [1.82, 2.24) is 5.32 Å². The van der Waals surface area contributed by atoms with E-state index in [0.717, 1.165) is 11.6 Å². The third kappa shape index (κ3) is 4.94. The molecule has 2 atom stereocenters. The van der Waals surface area contributed by atoms with Gasteiger partial charge in [-0.2, -0.15) is 0 Å². The minimum atomic E-state index is -1.37. The number of carbonyl (C=O) groups is 1. The van der Waals surface area contributed by atoms with Crippen LogP contribution >= 0.6 is 0 Å². The van der Waals surface area contributed by atoms with Crippen molar-refractivity contribution in [3.8, 4) is 0 Å². The molecular weight excluding hydrogens is 315 g/mol. The summed E-state index contributed by atoms with van der Waals surface area (Å²) in [6.45, 7) is -0.157. The van der Waals surface area contributed by atoms with Crippen molar-refractivity contribution in [2.75, 3.05) is 12.3 Å². The maximum atomic E-state index is 13.4. The molecule has 2 unspecified atom stereocenters. The zero-order chi connectivity index (χ0) is 17.5. The van der Waals surface area contributed by atoms with Gasteiger partial charge in [-0.3, -0.25) is 0 Å². The lowest BCUT2D eigenvalue weighted by molar-refractivity contribution is 0.0182. The molecule has 0 aliphatic rings. The van der Waals surface area contributed by atoms with Crippen molar-refractivity contribution in [3.63, 3.8) is 0 Å². The molecule has 2 aromatic rings. The lowest BCUT2D eigenvalue weighted by atomic mass is 10.0. The molecule has 6 nitrogen and oxygen atoms in total. The van der Waals surface area contributed by atoms with Crippen LogP contribution in [-0.4, -0.2) is 29.0 Å². The van der Waals surface area contributed by atoms with Crippen molar-refractivity contribution in [3.05, 3.63) is 65.5 Å². The second kappa shape index (κ2) is 8.28. The number of carbonyl (C=O) groups excluding carboxylic acids is 1. The Balaban J connectivity index is 1.80. The summed E-state index contributed by atoms with van der Waals surface area (Å²) < 4.78 is 18.4. The highest BCUT2D eigenvalue weighted by Gasteiger charge is 2.20. The topological polar surface area (TPSA) is 105 Å². The zero-order valence-corrected chi connectivity index (χ0v) is 12.9. The van der Waals surface area contributed by atoms with Gasteiger partial charge in [0.15, 0.2) is 0 Å². The molecule has 0 aliphatic carbocycles. The summed E-state index contributed by atoms with van der Waals surface area (Å²) in [5.41, 5.74) is 6.28. The lowest BCUT2D eigenvalue weighted by Gasteiger charge is -2.19. The van der Waals surface area contributed by atoms with Crippen LogP contribution in [0, 0.1) is 5.82 Å². The van der Waals surface area contributed by atoms with Crippen LogP contribution in [0.5, 0.6) is 0 Å². The Labute approximate surface area is 138 Å². The Kier molecular flexibility index (Phi) is 6.11. The van der Waals surface area contributed by atoms with Crippen molar-refractivity contribution in [2.24, 2.45) is 0 Å². The van der Waals surface area contributed by atoms with Crippen molar-refractivity contribution in [2.45, 2.75) is 18.8 Å². The van der Waals surface area contributed by atoms with Crippen molar-refractivity contribution in [1.29, 1.82) is 0 Å². The van der Waals surface area contributed by atoms with Gasteiger partial charge in [0.25, 0.3) is 0 Å². The number of halogens is 1. The smallest absolute Gasteiger partial charge is 0.407 e. The van der Waals surface area contributed by atoms with Gasteiger partial charge in [0.1, 0.15) is 24.6 Å². The third-order valence-electron chi connectivity index (χ3n) is 3.40. The first-order valence-corrected chi connectivity index (χ1v) is 7.33. The molecular formula is C17H19FN2O4. The maximum Gasteiger partial charge on any atom is 0.407 e. The van der Waals surface area contributed by atoms with E-state index in [1.54, 1.807) is 0 Å². The van der Waals surface area contributed by atoms with E-state index in [9.17, 15) is 19.4 Å². The quantitative estimate of drug-likeness (QED) is 0.602. The molecule has 5 N–H and O–H groups in total. The van der Waals surface area contributed by atoms with E-state index < -0.39 is 24.1 Å². The SMILES string of the molecule is Nc1ccc(C(O)C(O)CNC(=O)OCc2ccccc2)cc1F. The number of ether oxygens (including phenoxy) is 1. The Hall–Kier alpha value is -2.64. The summed E-state index contributed by atoms with van der Waals surface area (Å²) in [6.07, 6.45) is -3.42. The molecule has 0 heterocycles. The van der Waals surface area contributed by atoms with Gasteiger partial charge < -0.3 is 26.0 Å². The number of alkyl carbamates (subject to hydrolysis) is 1. The van der Waals surface area contributed by atoms with E-state index in [1.807, 2.05) is 30.3 Å². The van der Waals surface area contributed by atoms with Gasteiger partial charge in [0, 0.05) is 6.54 Å². The summed E-state index contributed by atoms with van der Waals surface area (Å²) in [4.78, 5) is 11.6. The standard InChI is InChI=1S/C17H19FN2O4/c18-13-8-12(6-7-14(13)19)16(22)15(21)9-20-17(23)24-10-11-4-2-1-3-5-11/h1-8,15-16,21-22H,9-10,19H2,(H,20,23). The van der Waals surface area contributed by atoms with Crippen LogP contribution in [0.25, 0.3) is 0 Å². The van der Waals surface area contributed by atoms with Crippen LogP contribution in [0.2, 0.25) is 0 Å². The van der Waals surface area contributed by atoms with E-state index >= 15 is 0 Å². The summed E-state index contributed by atoms with van der Waals surface area (Å²) in [5, 5.41) is 22.2. The fourth-order valence-electron chi connectivity index (χ4n) is 2.02. The van der Waals surface area contributed by atoms with Gasteiger partial charge in [-0.1, -0.05) is 36.4 Å². The van der Waals surface area contributed by atoms with Gasteiger partial charge in [0.2, 0.25) is 0 Å². The number of nitrogens with two attached hydrogens (primary N) is 1. The predicted molar refractivity (Wildman–Crippen MR) is 86.4 cm³/mol. The molecule has 0 radical (unpaired) electrons. The van der Waals surface area contributed by atoms with Crippen LogP contribution in [-0.2, 0) is 11.3 Å². The fourth-order valence-corrected chi connectivity index (χ4v) is 2.02. The number of hydrogen-bond donors (Lipinski definition) is 4. The van der Waals surface area contributed by atoms with Crippen LogP contribution < -0.4 is 11.1 Å². The molecule has 2 aromatic carbocycles. The minimum Gasteiger partial charge on any atom is -0.445 e. The average molecular weight is 334 g/mol. The number of rotatable bonds is 6. The number of aliphatic hydroxyl groups is 2. The van der Waals surface area contributed by atoms with E-state index in [4.69, 9.17) is 10.5 Å². The minimum absolute atomic E-state index is 0.0527. The van der Waals surface area contributed by atoms with Crippen molar-refractivity contribution >= 4 is 11.8 Å². The third-order valence-corrected chi connectivity index (χ3v) is 3.40. The Morgan fingerprint density at radius 2 is 1.92 bits per heavy atom. The maximum absolute atomic E-state index is 13.4. The number of amides is 1. The van der Waals surface area contributed by atoms with E-state index in [2.05, 4.69) is 5.32 Å². The van der Waals surface area contributed by atoms with Gasteiger partial charge in [0.05, 0.1) is 5.69 Å². The molecule has 0 saturated heterocycles. The van der Waals surface area contributed by atoms with E-state index in [-0.39, 0.29) is 24.4 Å². The second-order valence-corrected chi connectivity index (χ2v) is 5.24. The van der Waals surface area contributed by atoms with E-state index in [1.165, 1.54) is 12.1 Å². The molecule has 24 heavy (non-hydrogen) atoms. The lowest BCUT2D eigenvalue weighted by Crippen LogP contribution is -2.35. The first-order chi connectivity index (χ1) is 11.5. The first-order valence-electron chi connectivity index (χ1n) is 7.33. The summed E-state index contributed by atoms with van der Waals surface area (Å²) >= 11 is 0. The largest absolute Gasteiger partial charge is 0.445 e. The Morgan fingerprint density at radius 1 is 1.21 bits per heavy atom. The molecule has 0 saturated carbocycles. The van der Waals surface area contributed by atoms with Gasteiger partial charge in [-0.25, -0.2) is 9.18 Å². The van der Waals surface area contributed by atoms with Crippen LogP contribution in [0.3, 0.4) is 0 Å². The molecule has 0 bridgehead atoms. The average Bonchev–Trinajstić information content (AvgIpc) is 2.60. The van der Waals surface area contributed by atoms with E-state index in [0.29, 0.717) is 0 Å².